The summed E-state index contributed by atoms with van der Waals surface area (Å²) in [5, 5.41) is 12.5. The second-order valence-electron chi connectivity index (χ2n) is 5.86. The van der Waals surface area contributed by atoms with Gasteiger partial charge in [0, 0.05) is 22.3 Å². The summed E-state index contributed by atoms with van der Waals surface area (Å²) in [6, 6.07) is 6.77. The Morgan fingerprint density at radius 1 is 1.19 bits per heavy atom. The first kappa shape index (κ1) is 17.9. The minimum atomic E-state index is -1.05. The summed E-state index contributed by atoms with van der Waals surface area (Å²) in [5.41, 5.74) is 0.510. The lowest BCUT2D eigenvalue weighted by Crippen LogP contribution is -2.32. The molecule has 0 aliphatic heterocycles. The molecule has 0 fully saturated rings. The van der Waals surface area contributed by atoms with Crippen LogP contribution in [0.2, 0.25) is 0 Å². The maximum atomic E-state index is 12.0. The molecule has 1 aromatic carbocycles. The molecule has 0 aliphatic carbocycles. The van der Waals surface area contributed by atoms with E-state index in [-0.39, 0.29) is 17.7 Å². The maximum Gasteiger partial charge on any atom is 0.251 e. The van der Waals surface area contributed by atoms with Gasteiger partial charge in [0.05, 0.1) is 16.9 Å². The summed E-state index contributed by atoms with van der Waals surface area (Å²) in [5.74, 6) is 0.168. The Morgan fingerprint density at radius 2 is 1.76 bits per heavy atom. The predicted octanol–water partition coefficient (Wildman–Crippen LogP) is 2.34. The van der Waals surface area contributed by atoms with E-state index >= 15 is 0 Å². The molecule has 0 aliphatic rings. The molecular weight excluding hydrogens is 286 g/mol. The minimum Gasteiger partial charge on any atom is -0.391 e. The zero-order chi connectivity index (χ0) is 16.0. The van der Waals surface area contributed by atoms with Crippen molar-refractivity contribution in [1.29, 1.82) is 0 Å². The molecule has 118 valence electrons. The standard InChI is InChI=1S/C16H25NO3S/c1-11(2)9-14(18)10-17-16(19)13-5-7-15(8-6-13)21(20)12(3)4/h5-8,11-12,14,18H,9-10H2,1-4H3,(H,17,19). The highest BCUT2D eigenvalue weighted by molar-refractivity contribution is 7.85. The summed E-state index contributed by atoms with van der Waals surface area (Å²) in [6.07, 6.45) is 0.133. The SMILES string of the molecule is CC(C)CC(O)CNC(=O)c1ccc(S(=O)C(C)C)cc1. The molecule has 0 radical (unpaired) electrons. The molecule has 0 spiro atoms. The van der Waals surface area contributed by atoms with Crippen molar-refractivity contribution in [3.63, 3.8) is 0 Å². The van der Waals surface area contributed by atoms with Gasteiger partial charge in [-0.05, 0) is 36.6 Å². The minimum absolute atomic E-state index is 0.0517. The zero-order valence-corrected chi connectivity index (χ0v) is 13.9. The number of carbonyl (C=O) groups is 1. The van der Waals surface area contributed by atoms with Crippen LogP contribution in [0.15, 0.2) is 29.2 Å². The number of amides is 1. The van der Waals surface area contributed by atoms with Gasteiger partial charge in [-0.15, -0.1) is 0 Å². The third-order valence-electron chi connectivity index (χ3n) is 3.02. The van der Waals surface area contributed by atoms with Crippen LogP contribution in [0.25, 0.3) is 0 Å². The lowest BCUT2D eigenvalue weighted by atomic mass is 10.1. The van der Waals surface area contributed by atoms with Crippen LogP contribution in [-0.2, 0) is 10.8 Å². The summed E-state index contributed by atoms with van der Waals surface area (Å²) in [7, 11) is -1.05. The van der Waals surface area contributed by atoms with Gasteiger partial charge in [0.2, 0.25) is 0 Å². The molecule has 21 heavy (non-hydrogen) atoms. The Morgan fingerprint density at radius 3 is 2.24 bits per heavy atom. The smallest absolute Gasteiger partial charge is 0.251 e. The summed E-state index contributed by atoms with van der Waals surface area (Å²) in [6.45, 7) is 8.09. The van der Waals surface area contributed by atoms with Gasteiger partial charge in [-0.3, -0.25) is 9.00 Å². The molecule has 2 atom stereocenters. The van der Waals surface area contributed by atoms with Gasteiger partial charge < -0.3 is 10.4 Å². The molecule has 5 heteroatoms. The number of hydrogen-bond acceptors (Lipinski definition) is 3. The Hall–Kier alpha value is -1.20. The number of aliphatic hydroxyl groups is 1. The van der Waals surface area contributed by atoms with Gasteiger partial charge in [-0.2, -0.15) is 0 Å². The third kappa shape index (κ3) is 5.98. The highest BCUT2D eigenvalue weighted by Crippen LogP contribution is 2.12. The van der Waals surface area contributed by atoms with E-state index in [0.29, 0.717) is 17.9 Å². The van der Waals surface area contributed by atoms with E-state index in [1.54, 1.807) is 24.3 Å². The van der Waals surface area contributed by atoms with Crippen LogP contribution in [0, 0.1) is 5.92 Å². The normalized spacial score (nSPS) is 14.2. The molecule has 0 heterocycles. The van der Waals surface area contributed by atoms with Crippen LogP contribution >= 0.6 is 0 Å². The van der Waals surface area contributed by atoms with Crippen LogP contribution in [0.5, 0.6) is 0 Å². The fraction of sp³-hybridized carbons (Fsp3) is 0.562. The van der Waals surface area contributed by atoms with Crippen molar-refractivity contribution in [3.05, 3.63) is 29.8 Å². The third-order valence-corrected chi connectivity index (χ3v) is 4.61. The fourth-order valence-electron chi connectivity index (χ4n) is 1.95. The van der Waals surface area contributed by atoms with Crippen molar-refractivity contribution in [2.75, 3.05) is 6.54 Å². The van der Waals surface area contributed by atoms with Crippen LogP contribution in [0.3, 0.4) is 0 Å². The predicted molar refractivity (Wildman–Crippen MR) is 85.8 cm³/mol. The van der Waals surface area contributed by atoms with Crippen molar-refractivity contribution in [2.24, 2.45) is 5.92 Å². The van der Waals surface area contributed by atoms with Crippen LogP contribution in [0.4, 0.5) is 0 Å². The molecule has 0 saturated heterocycles. The molecule has 2 unspecified atom stereocenters. The summed E-state index contributed by atoms with van der Waals surface area (Å²) >= 11 is 0. The summed E-state index contributed by atoms with van der Waals surface area (Å²) in [4.78, 5) is 12.7. The molecule has 2 N–H and O–H groups in total. The van der Waals surface area contributed by atoms with Crippen LogP contribution in [0.1, 0.15) is 44.5 Å². The lowest BCUT2D eigenvalue weighted by Gasteiger charge is -2.14. The molecule has 1 rings (SSSR count). The number of hydrogen-bond donors (Lipinski definition) is 2. The molecule has 0 bridgehead atoms. The Labute approximate surface area is 129 Å². The first-order valence-corrected chi connectivity index (χ1v) is 8.49. The van der Waals surface area contributed by atoms with E-state index < -0.39 is 16.9 Å². The second-order valence-corrected chi connectivity index (χ2v) is 7.87. The molecule has 0 saturated carbocycles. The lowest BCUT2D eigenvalue weighted by molar-refractivity contribution is 0.0900. The van der Waals surface area contributed by atoms with Gasteiger partial charge in [0.25, 0.3) is 5.91 Å². The van der Waals surface area contributed by atoms with Gasteiger partial charge >= 0.3 is 0 Å². The summed E-state index contributed by atoms with van der Waals surface area (Å²) < 4.78 is 11.9. The highest BCUT2D eigenvalue weighted by Gasteiger charge is 2.12. The van der Waals surface area contributed by atoms with Gasteiger partial charge in [-0.1, -0.05) is 27.7 Å². The van der Waals surface area contributed by atoms with Gasteiger partial charge in [0.15, 0.2) is 0 Å². The van der Waals surface area contributed by atoms with Crippen molar-refractivity contribution in [3.8, 4) is 0 Å². The van der Waals surface area contributed by atoms with E-state index in [9.17, 15) is 14.1 Å². The monoisotopic (exact) mass is 311 g/mol. The van der Waals surface area contributed by atoms with Crippen LogP contribution < -0.4 is 5.32 Å². The van der Waals surface area contributed by atoms with E-state index in [0.717, 1.165) is 4.90 Å². The average molecular weight is 311 g/mol. The van der Waals surface area contributed by atoms with E-state index in [1.165, 1.54) is 0 Å². The topological polar surface area (TPSA) is 66.4 Å². The Bertz CT molecular complexity index is 483. The molecule has 0 aromatic heterocycles. The van der Waals surface area contributed by atoms with Gasteiger partial charge in [-0.25, -0.2) is 0 Å². The number of rotatable bonds is 7. The molecule has 1 amide bonds. The van der Waals surface area contributed by atoms with Gasteiger partial charge in [0.1, 0.15) is 0 Å². The fourth-order valence-corrected chi connectivity index (χ4v) is 2.90. The molecular formula is C16H25NO3S. The van der Waals surface area contributed by atoms with E-state index in [2.05, 4.69) is 5.32 Å². The van der Waals surface area contributed by atoms with Crippen molar-refractivity contribution in [1.82, 2.24) is 5.32 Å². The Balaban J connectivity index is 2.57. The van der Waals surface area contributed by atoms with Crippen LogP contribution in [-0.4, -0.2) is 33.1 Å². The van der Waals surface area contributed by atoms with E-state index in [4.69, 9.17) is 0 Å². The second kappa shape index (κ2) is 8.29. The number of aliphatic hydroxyl groups excluding tert-OH is 1. The number of nitrogens with one attached hydrogen (secondary N) is 1. The number of carbonyl (C=O) groups excluding carboxylic acids is 1. The highest BCUT2D eigenvalue weighted by atomic mass is 32.2. The van der Waals surface area contributed by atoms with Crippen molar-refractivity contribution >= 4 is 16.7 Å². The zero-order valence-electron chi connectivity index (χ0n) is 13.1. The van der Waals surface area contributed by atoms with Crippen molar-refractivity contribution < 1.29 is 14.1 Å². The first-order chi connectivity index (χ1) is 9.81. The Kier molecular flexibility index (Phi) is 7.05. The average Bonchev–Trinajstić information content (AvgIpc) is 2.43. The number of benzene rings is 1. The van der Waals surface area contributed by atoms with E-state index in [1.807, 2.05) is 27.7 Å². The van der Waals surface area contributed by atoms with Crippen molar-refractivity contribution in [2.45, 2.75) is 50.4 Å². The molecule has 4 nitrogen and oxygen atoms in total. The maximum absolute atomic E-state index is 12.0. The molecule has 1 aromatic rings. The largest absolute Gasteiger partial charge is 0.391 e. The first-order valence-electron chi connectivity index (χ1n) is 7.28. The quantitative estimate of drug-likeness (QED) is 0.812.